The summed E-state index contributed by atoms with van der Waals surface area (Å²) in [6, 6.07) is 11.2. The molecule has 0 saturated heterocycles. The maximum atomic E-state index is 13.1. The number of carbonyl (C=O) groups excluding carboxylic acids is 1. The molecule has 0 radical (unpaired) electrons. The molecule has 140 valence electrons. The molecule has 6 nitrogen and oxygen atoms in total. The maximum Gasteiger partial charge on any atom is 0.254 e. The van der Waals surface area contributed by atoms with Crippen LogP contribution in [-0.4, -0.2) is 43.2 Å². The van der Waals surface area contributed by atoms with E-state index in [0.29, 0.717) is 36.0 Å². The van der Waals surface area contributed by atoms with Gasteiger partial charge in [0.1, 0.15) is 18.2 Å². The van der Waals surface area contributed by atoms with Crippen molar-refractivity contribution < 1.29 is 19.0 Å². The zero-order valence-corrected chi connectivity index (χ0v) is 16.2. The van der Waals surface area contributed by atoms with E-state index in [2.05, 4.69) is 4.98 Å². The molecule has 0 saturated carbocycles. The fourth-order valence-corrected chi connectivity index (χ4v) is 4.07. The van der Waals surface area contributed by atoms with Gasteiger partial charge in [0.2, 0.25) is 5.75 Å². The number of nitrogens with zero attached hydrogens (tertiary/aromatic N) is 2. The van der Waals surface area contributed by atoms with Crippen molar-refractivity contribution in [3.05, 3.63) is 47.0 Å². The van der Waals surface area contributed by atoms with Crippen molar-refractivity contribution in [2.45, 2.75) is 13.0 Å². The van der Waals surface area contributed by atoms with Crippen molar-refractivity contribution in [1.82, 2.24) is 9.88 Å². The highest BCUT2D eigenvalue weighted by Gasteiger charge is 2.26. The predicted octanol–water partition coefficient (Wildman–Crippen LogP) is 3.91. The van der Waals surface area contributed by atoms with Crippen LogP contribution in [0.15, 0.2) is 36.4 Å². The van der Waals surface area contributed by atoms with Crippen LogP contribution in [0.5, 0.6) is 17.2 Å². The second-order valence-corrected chi connectivity index (χ2v) is 7.38. The van der Waals surface area contributed by atoms with Crippen molar-refractivity contribution in [3.8, 4) is 17.2 Å². The smallest absolute Gasteiger partial charge is 0.254 e. The highest BCUT2D eigenvalue weighted by Crippen LogP contribution is 2.41. The van der Waals surface area contributed by atoms with Gasteiger partial charge in [0, 0.05) is 12.6 Å². The van der Waals surface area contributed by atoms with Crippen LogP contribution in [0.2, 0.25) is 0 Å². The lowest BCUT2D eigenvalue weighted by Crippen LogP contribution is -2.30. The van der Waals surface area contributed by atoms with E-state index in [1.165, 1.54) is 0 Å². The molecular weight excluding hydrogens is 364 g/mol. The van der Waals surface area contributed by atoms with Crippen LogP contribution < -0.4 is 14.2 Å². The molecule has 1 atom stereocenters. The van der Waals surface area contributed by atoms with Gasteiger partial charge >= 0.3 is 0 Å². The van der Waals surface area contributed by atoms with Crippen molar-refractivity contribution in [2.75, 3.05) is 27.4 Å². The molecule has 0 N–H and O–H groups in total. The molecule has 2 heterocycles. The fraction of sp³-hybridized carbons (Fsp3) is 0.300. The number of thiazole rings is 1. The predicted molar refractivity (Wildman–Crippen MR) is 104 cm³/mol. The number of carbonyl (C=O) groups is 1. The van der Waals surface area contributed by atoms with Crippen LogP contribution in [0.1, 0.15) is 28.3 Å². The summed E-state index contributed by atoms with van der Waals surface area (Å²) in [5.74, 6) is 1.45. The zero-order chi connectivity index (χ0) is 19.0. The topological polar surface area (TPSA) is 60.9 Å². The minimum absolute atomic E-state index is 0.128. The molecule has 1 aromatic heterocycles. The van der Waals surface area contributed by atoms with E-state index in [0.717, 1.165) is 15.2 Å². The number of rotatable bonds is 4. The number of amides is 1. The van der Waals surface area contributed by atoms with E-state index < -0.39 is 0 Å². The molecule has 1 aliphatic heterocycles. The van der Waals surface area contributed by atoms with Gasteiger partial charge in [-0.15, -0.1) is 11.3 Å². The summed E-state index contributed by atoms with van der Waals surface area (Å²) < 4.78 is 17.7. The second kappa shape index (κ2) is 7.08. The number of methoxy groups -OCH3 is 1. The molecule has 0 unspecified atom stereocenters. The third kappa shape index (κ3) is 3.19. The second-order valence-electron chi connectivity index (χ2n) is 6.31. The van der Waals surface area contributed by atoms with Gasteiger partial charge < -0.3 is 19.1 Å². The Labute approximate surface area is 161 Å². The number of ether oxygens (including phenoxy) is 3. The van der Waals surface area contributed by atoms with E-state index >= 15 is 0 Å². The molecule has 0 spiro atoms. The van der Waals surface area contributed by atoms with Gasteiger partial charge in [0.05, 0.1) is 23.4 Å². The molecule has 0 bridgehead atoms. The molecule has 4 rings (SSSR count). The number of fused-ring (bicyclic) bond motifs is 2. The summed E-state index contributed by atoms with van der Waals surface area (Å²) >= 11 is 1.60. The van der Waals surface area contributed by atoms with Crippen LogP contribution in [0.25, 0.3) is 10.2 Å². The third-order valence-corrected chi connectivity index (χ3v) is 5.85. The summed E-state index contributed by atoms with van der Waals surface area (Å²) in [5, 5.41) is 0.900. The number of aromatic nitrogens is 1. The SMILES string of the molecule is COc1cc(C(=O)N(C)[C@H](C)c2nc3ccccc3s2)cc2c1OCCO2. The van der Waals surface area contributed by atoms with Gasteiger partial charge in [-0.3, -0.25) is 4.79 Å². The van der Waals surface area contributed by atoms with Crippen molar-refractivity contribution >= 4 is 27.5 Å². The van der Waals surface area contributed by atoms with Crippen LogP contribution in [0.3, 0.4) is 0 Å². The van der Waals surface area contributed by atoms with E-state index in [-0.39, 0.29) is 11.9 Å². The van der Waals surface area contributed by atoms with Gasteiger partial charge in [0.25, 0.3) is 5.91 Å². The minimum atomic E-state index is -0.158. The van der Waals surface area contributed by atoms with E-state index in [4.69, 9.17) is 14.2 Å². The molecule has 1 aliphatic rings. The van der Waals surface area contributed by atoms with Gasteiger partial charge in [0.15, 0.2) is 11.5 Å². The Bertz CT molecular complexity index is 951. The molecule has 1 amide bonds. The Balaban J connectivity index is 1.63. The highest BCUT2D eigenvalue weighted by atomic mass is 32.1. The monoisotopic (exact) mass is 384 g/mol. The fourth-order valence-electron chi connectivity index (χ4n) is 3.01. The summed E-state index contributed by atoms with van der Waals surface area (Å²) in [7, 11) is 3.33. The molecule has 2 aromatic carbocycles. The lowest BCUT2D eigenvalue weighted by atomic mass is 10.1. The first kappa shape index (κ1) is 17.6. The number of hydrogen-bond acceptors (Lipinski definition) is 6. The Morgan fingerprint density at radius 2 is 2.04 bits per heavy atom. The van der Waals surface area contributed by atoms with Crippen LogP contribution in [0, 0.1) is 0 Å². The van der Waals surface area contributed by atoms with Crippen LogP contribution in [0.4, 0.5) is 0 Å². The van der Waals surface area contributed by atoms with E-state index in [1.807, 2.05) is 31.2 Å². The number of benzene rings is 2. The average Bonchev–Trinajstić information content (AvgIpc) is 3.15. The quantitative estimate of drug-likeness (QED) is 0.683. The molecule has 0 fully saturated rings. The van der Waals surface area contributed by atoms with Crippen molar-refractivity contribution in [3.63, 3.8) is 0 Å². The summed E-state index contributed by atoms with van der Waals surface area (Å²) in [5.41, 5.74) is 1.44. The number of hydrogen-bond donors (Lipinski definition) is 0. The zero-order valence-electron chi connectivity index (χ0n) is 15.4. The first-order valence-electron chi connectivity index (χ1n) is 8.68. The van der Waals surface area contributed by atoms with Crippen LogP contribution >= 0.6 is 11.3 Å². The van der Waals surface area contributed by atoms with Gasteiger partial charge in [-0.25, -0.2) is 4.98 Å². The standard InChI is InChI=1S/C20H20N2O4S/c1-12(19-21-14-6-4-5-7-17(14)27-19)22(2)20(23)13-10-15(24-3)18-16(11-13)25-8-9-26-18/h4-7,10-12H,8-9H2,1-3H3/t12-/m1/s1. The molecule has 27 heavy (non-hydrogen) atoms. The third-order valence-electron chi connectivity index (χ3n) is 4.64. The largest absolute Gasteiger partial charge is 0.493 e. The van der Waals surface area contributed by atoms with Crippen molar-refractivity contribution in [1.29, 1.82) is 0 Å². The lowest BCUT2D eigenvalue weighted by Gasteiger charge is -2.25. The lowest BCUT2D eigenvalue weighted by molar-refractivity contribution is 0.0740. The average molecular weight is 384 g/mol. The Morgan fingerprint density at radius 1 is 1.26 bits per heavy atom. The van der Waals surface area contributed by atoms with E-state index in [9.17, 15) is 4.79 Å². The van der Waals surface area contributed by atoms with Gasteiger partial charge in [-0.1, -0.05) is 12.1 Å². The van der Waals surface area contributed by atoms with Crippen LogP contribution in [-0.2, 0) is 0 Å². The molecular formula is C20H20N2O4S. The summed E-state index contributed by atoms with van der Waals surface area (Å²) in [6.07, 6.45) is 0. The van der Waals surface area contributed by atoms with E-state index in [1.54, 1.807) is 42.5 Å². The van der Waals surface area contributed by atoms with Gasteiger partial charge in [-0.2, -0.15) is 0 Å². The first-order valence-corrected chi connectivity index (χ1v) is 9.50. The minimum Gasteiger partial charge on any atom is -0.493 e. The molecule has 0 aliphatic carbocycles. The molecule has 3 aromatic rings. The maximum absolute atomic E-state index is 13.1. The van der Waals surface area contributed by atoms with Crippen molar-refractivity contribution in [2.24, 2.45) is 0 Å². The number of para-hydroxylation sites is 1. The first-order chi connectivity index (χ1) is 13.1. The normalized spacial score (nSPS) is 14.0. The Hall–Kier alpha value is -2.80. The summed E-state index contributed by atoms with van der Waals surface area (Å²) in [6.45, 7) is 2.89. The Morgan fingerprint density at radius 3 is 2.81 bits per heavy atom. The Kier molecular flexibility index (Phi) is 4.61. The van der Waals surface area contributed by atoms with Gasteiger partial charge in [-0.05, 0) is 31.2 Å². The molecule has 7 heteroatoms. The highest BCUT2D eigenvalue weighted by molar-refractivity contribution is 7.18. The summed E-state index contributed by atoms with van der Waals surface area (Å²) in [4.78, 5) is 19.4.